The van der Waals surface area contributed by atoms with Crippen molar-refractivity contribution in [2.75, 3.05) is 19.7 Å². The molecular formula is C14H20N2O3. The summed E-state index contributed by atoms with van der Waals surface area (Å²) in [6, 6.07) is -0.508. The molecule has 1 saturated carbocycles. The highest BCUT2D eigenvalue weighted by molar-refractivity contribution is 5.98. The molecule has 3 unspecified atom stereocenters. The van der Waals surface area contributed by atoms with Gasteiger partial charge >= 0.3 is 0 Å². The number of carbonyl (C=O) groups is 2. The molecule has 0 spiro atoms. The molecule has 3 saturated heterocycles. The van der Waals surface area contributed by atoms with E-state index in [4.69, 9.17) is 4.74 Å². The maximum atomic E-state index is 12.6. The summed E-state index contributed by atoms with van der Waals surface area (Å²) in [5.74, 6) is 0.975. The van der Waals surface area contributed by atoms with E-state index in [1.165, 1.54) is 12.8 Å². The Kier molecular flexibility index (Phi) is 2.59. The predicted octanol–water partition coefficient (Wildman–Crippen LogP) is 0.387. The summed E-state index contributed by atoms with van der Waals surface area (Å²) in [5, 5.41) is 0. The minimum atomic E-state index is -0.333. The Labute approximate surface area is 112 Å². The van der Waals surface area contributed by atoms with Crippen LogP contribution in [0.3, 0.4) is 0 Å². The van der Waals surface area contributed by atoms with Gasteiger partial charge in [-0.3, -0.25) is 9.59 Å². The van der Waals surface area contributed by atoms with Gasteiger partial charge in [0.05, 0.1) is 6.10 Å². The highest BCUT2D eigenvalue weighted by Crippen LogP contribution is 2.35. The van der Waals surface area contributed by atoms with Crippen molar-refractivity contribution in [1.29, 1.82) is 0 Å². The van der Waals surface area contributed by atoms with Crippen molar-refractivity contribution >= 4 is 11.8 Å². The van der Waals surface area contributed by atoms with Crippen molar-refractivity contribution in [2.45, 2.75) is 50.3 Å². The van der Waals surface area contributed by atoms with E-state index in [9.17, 15) is 9.59 Å². The normalized spacial score (nSPS) is 37.8. The van der Waals surface area contributed by atoms with Gasteiger partial charge in [0.2, 0.25) is 11.8 Å². The molecule has 0 aromatic carbocycles. The Morgan fingerprint density at radius 3 is 2.63 bits per heavy atom. The lowest BCUT2D eigenvalue weighted by Gasteiger charge is -2.40. The summed E-state index contributed by atoms with van der Waals surface area (Å²) in [5.41, 5.74) is 0. The van der Waals surface area contributed by atoms with Crippen LogP contribution >= 0.6 is 0 Å². The van der Waals surface area contributed by atoms with E-state index >= 15 is 0 Å². The second kappa shape index (κ2) is 4.20. The summed E-state index contributed by atoms with van der Waals surface area (Å²) < 4.78 is 5.92. The van der Waals surface area contributed by atoms with Crippen molar-refractivity contribution in [3.63, 3.8) is 0 Å². The third kappa shape index (κ3) is 1.78. The first kappa shape index (κ1) is 11.7. The van der Waals surface area contributed by atoms with Crippen LogP contribution in [-0.4, -0.2) is 59.5 Å². The van der Waals surface area contributed by atoms with Gasteiger partial charge in [-0.15, -0.1) is 0 Å². The fourth-order valence-electron chi connectivity index (χ4n) is 3.67. The van der Waals surface area contributed by atoms with Crippen LogP contribution in [0, 0.1) is 5.92 Å². The number of amides is 2. The summed E-state index contributed by atoms with van der Waals surface area (Å²) in [7, 11) is 0. The van der Waals surface area contributed by atoms with Crippen molar-refractivity contribution in [3.05, 3.63) is 0 Å². The van der Waals surface area contributed by atoms with Gasteiger partial charge in [-0.1, -0.05) is 0 Å². The second-order valence-electron chi connectivity index (χ2n) is 6.27. The predicted molar refractivity (Wildman–Crippen MR) is 67.3 cm³/mol. The van der Waals surface area contributed by atoms with Crippen LogP contribution in [0.2, 0.25) is 0 Å². The standard InChI is InChI=1S/C14H20N2O3/c17-13-10-2-1-6-15(10)14(18)12-11(5-7-16(12)13)19-8-9-3-4-9/h9-12H,1-8H2. The zero-order valence-electron chi connectivity index (χ0n) is 11.1. The monoisotopic (exact) mass is 264 g/mol. The molecule has 4 aliphatic rings. The van der Waals surface area contributed by atoms with Crippen LogP contribution in [0.5, 0.6) is 0 Å². The maximum absolute atomic E-state index is 12.6. The van der Waals surface area contributed by atoms with E-state index in [0.717, 1.165) is 32.4 Å². The Morgan fingerprint density at radius 1 is 1.00 bits per heavy atom. The van der Waals surface area contributed by atoms with Gasteiger partial charge in [-0.05, 0) is 38.0 Å². The number of hydrogen-bond donors (Lipinski definition) is 0. The van der Waals surface area contributed by atoms with Crippen LogP contribution in [0.1, 0.15) is 32.1 Å². The Hall–Kier alpha value is -1.10. The van der Waals surface area contributed by atoms with E-state index in [1.807, 2.05) is 0 Å². The summed E-state index contributed by atoms with van der Waals surface area (Å²) >= 11 is 0. The van der Waals surface area contributed by atoms with Crippen LogP contribution < -0.4 is 0 Å². The molecule has 0 aromatic rings. The Morgan fingerprint density at radius 2 is 1.84 bits per heavy atom. The zero-order valence-corrected chi connectivity index (χ0v) is 11.1. The second-order valence-corrected chi connectivity index (χ2v) is 6.27. The molecule has 4 rings (SSSR count). The third-order valence-corrected chi connectivity index (χ3v) is 4.94. The number of rotatable bonds is 3. The fourth-order valence-corrected chi connectivity index (χ4v) is 3.67. The minimum absolute atomic E-state index is 0.0707. The third-order valence-electron chi connectivity index (χ3n) is 4.94. The van der Waals surface area contributed by atoms with Crippen LogP contribution in [0.15, 0.2) is 0 Å². The lowest BCUT2D eigenvalue weighted by atomic mass is 10.0. The topological polar surface area (TPSA) is 49.9 Å². The summed E-state index contributed by atoms with van der Waals surface area (Å²) in [6.45, 7) is 2.20. The van der Waals surface area contributed by atoms with Crippen molar-refractivity contribution < 1.29 is 14.3 Å². The van der Waals surface area contributed by atoms with Gasteiger partial charge in [0.1, 0.15) is 12.1 Å². The number of ether oxygens (including phenoxy) is 1. The first-order valence-electron chi connectivity index (χ1n) is 7.48. The number of fused-ring (bicyclic) bond motifs is 2. The average molecular weight is 264 g/mol. The first-order chi connectivity index (χ1) is 9.25. The number of nitrogens with zero attached hydrogens (tertiary/aromatic N) is 2. The van der Waals surface area contributed by atoms with Gasteiger partial charge in [-0.25, -0.2) is 0 Å². The largest absolute Gasteiger partial charge is 0.375 e. The molecule has 5 nitrogen and oxygen atoms in total. The van der Waals surface area contributed by atoms with Gasteiger partial charge in [-0.2, -0.15) is 0 Å². The summed E-state index contributed by atoms with van der Waals surface area (Å²) in [6.07, 6.45) is 5.04. The zero-order chi connectivity index (χ0) is 13.0. The number of carbonyl (C=O) groups excluding carboxylic acids is 2. The molecule has 3 atom stereocenters. The van der Waals surface area contributed by atoms with Crippen LogP contribution in [0.4, 0.5) is 0 Å². The van der Waals surface area contributed by atoms with Gasteiger partial charge in [0, 0.05) is 19.7 Å². The lowest BCUT2D eigenvalue weighted by Crippen LogP contribution is -2.62. The number of hydrogen-bond acceptors (Lipinski definition) is 3. The minimum Gasteiger partial charge on any atom is -0.375 e. The van der Waals surface area contributed by atoms with Crippen molar-refractivity contribution in [1.82, 2.24) is 9.80 Å². The Bertz CT molecular complexity index is 421. The molecule has 19 heavy (non-hydrogen) atoms. The molecule has 0 N–H and O–H groups in total. The smallest absolute Gasteiger partial charge is 0.248 e. The molecule has 104 valence electrons. The molecule has 3 heterocycles. The highest BCUT2D eigenvalue weighted by Gasteiger charge is 2.53. The number of piperazine rings is 1. The highest BCUT2D eigenvalue weighted by atomic mass is 16.5. The molecule has 0 aromatic heterocycles. The molecule has 5 heteroatoms. The van der Waals surface area contributed by atoms with Gasteiger partial charge in [0.25, 0.3) is 0 Å². The van der Waals surface area contributed by atoms with Crippen LogP contribution in [-0.2, 0) is 14.3 Å². The molecule has 2 amide bonds. The van der Waals surface area contributed by atoms with Gasteiger partial charge < -0.3 is 14.5 Å². The molecule has 1 aliphatic carbocycles. The molecule has 0 radical (unpaired) electrons. The average Bonchev–Trinajstić information content (AvgIpc) is 2.94. The van der Waals surface area contributed by atoms with Crippen molar-refractivity contribution in [2.24, 2.45) is 5.92 Å². The molecule has 3 aliphatic heterocycles. The van der Waals surface area contributed by atoms with E-state index in [-0.39, 0.29) is 30.0 Å². The lowest BCUT2D eigenvalue weighted by molar-refractivity contribution is -0.160. The molecular weight excluding hydrogens is 244 g/mol. The summed E-state index contributed by atoms with van der Waals surface area (Å²) in [4.78, 5) is 28.5. The van der Waals surface area contributed by atoms with Crippen LogP contribution in [0.25, 0.3) is 0 Å². The Balaban J connectivity index is 1.52. The molecule has 0 bridgehead atoms. The first-order valence-corrected chi connectivity index (χ1v) is 7.48. The van der Waals surface area contributed by atoms with Gasteiger partial charge in [0.15, 0.2) is 0 Å². The SMILES string of the molecule is O=C1C2C(OCC3CC3)CCN2C(=O)C2CCCN12. The van der Waals surface area contributed by atoms with E-state index in [1.54, 1.807) is 9.80 Å². The molecule has 4 fully saturated rings. The van der Waals surface area contributed by atoms with E-state index < -0.39 is 0 Å². The van der Waals surface area contributed by atoms with Crippen molar-refractivity contribution in [3.8, 4) is 0 Å². The van der Waals surface area contributed by atoms with E-state index in [2.05, 4.69) is 0 Å². The quantitative estimate of drug-likeness (QED) is 0.741. The van der Waals surface area contributed by atoms with E-state index in [0.29, 0.717) is 12.5 Å². The maximum Gasteiger partial charge on any atom is 0.248 e. The fraction of sp³-hybridized carbons (Fsp3) is 0.857.